The van der Waals surface area contributed by atoms with Crippen LogP contribution in [0.3, 0.4) is 0 Å². The van der Waals surface area contributed by atoms with E-state index in [-0.39, 0.29) is 11.3 Å². The molecule has 1 aromatic rings. The van der Waals surface area contributed by atoms with Gasteiger partial charge in [0.25, 0.3) is 5.91 Å². The maximum atomic E-state index is 11.6. The lowest BCUT2D eigenvalue weighted by atomic mass is 10.1. The molecule has 0 aromatic heterocycles. The van der Waals surface area contributed by atoms with Gasteiger partial charge in [-0.1, -0.05) is 0 Å². The van der Waals surface area contributed by atoms with Crippen molar-refractivity contribution in [2.45, 2.75) is 0 Å². The van der Waals surface area contributed by atoms with E-state index in [9.17, 15) is 14.7 Å². The van der Waals surface area contributed by atoms with Crippen LogP contribution in [0.15, 0.2) is 30.0 Å². The predicted octanol–water partition coefficient (Wildman–Crippen LogP) is -0.351. The van der Waals surface area contributed by atoms with E-state index in [1.807, 2.05) is 0 Å². The highest BCUT2D eigenvalue weighted by atomic mass is 16.5. The van der Waals surface area contributed by atoms with Crippen LogP contribution in [0, 0.1) is 0 Å². The second-order valence-electron chi connectivity index (χ2n) is 3.18. The third-order valence-corrected chi connectivity index (χ3v) is 1.99. The van der Waals surface area contributed by atoms with E-state index < -0.39 is 23.1 Å². The van der Waals surface area contributed by atoms with E-state index in [0.29, 0.717) is 6.08 Å². The van der Waals surface area contributed by atoms with E-state index >= 15 is 0 Å². The molecule has 0 fully saturated rings. The van der Waals surface area contributed by atoms with Crippen LogP contribution in [0.25, 0.3) is 0 Å². The van der Waals surface area contributed by atoms with Crippen molar-refractivity contribution in [1.82, 2.24) is 11.0 Å². The number of hydrogen-bond acceptors (Lipinski definition) is 7. The standard InChI is InChI=1S/C10H10N2O6/c13-5-1-2-6(8(14)3-5)9(15)4-7(11-17)10(16)12-18/h1-4,11,13-14,17-18H,(H,12,16)/b7-4-. The molecule has 0 saturated carbocycles. The summed E-state index contributed by atoms with van der Waals surface area (Å²) in [6.07, 6.45) is 0.664. The van der Waals surface area contributed by atoms with Crippen molar-refractivity contribution in [1.29, 1.82) is 0 Å². The fourth-order valence-electron chi connectivity index (χ4n) is 1.15. The molecule has 0 spiro atoms. The number of carbonyl (C=O) groups excluding carboxylic acids is 2. The van der Waals surface area contributed by atoms with Gasteiger partial charge in [0.05, 0.1) is 5.56 Å². The molecule has 0 unspecified atom stereocenters. The van der Waals surface area contributed by atoms with Gasteiger partial charge in [-0.15, -0.1) is 0 Å². The second kappa shape index (κ2) is 5.66. The number of allylic oxidation sites excluding steroid dienone is 1. The molecule has 0 saturated heterocycles. The lowest BCUT2D eigenvalue weighted by molar-refractivity contribution is -0.126. The monoisotopic (exact) mass is 254 g/mol. The molecule has 0 aliphatic rings. The van der Waals surface area contributed by atoms with E-state index in [1.165, 1.54) is 17.0 Å². The number of nitrogens with one attached hydrogen (secondary N) is 2. The molecule has 8 nitrogen and oxygen atoms in total. The lowest BCUT2D eigenvalue weighted by Gasteiger charge is -2.04. The molecule has 0 heterocycles. The van der Waals surface area contributed by atoms with Crippen molar-refractivity contribution in [2.75, 3.05) is 0 Å². The minimum absolute atomic E-state index is 0.189. The molecular weight excluding hydrogens is 244 g/mol. The molecule has 0 atom stereocenters. The molecule has 1 aromatic carbocycles. The van der Waals surface area contributed by atoms with E-state index in [4.69, 9.17) is 15.5 Å². The van der Waals surface area contributed by atoms with Crippen molar-refractivity contribution in [3.63, 3.8) is 0 Å². The summed E-state index contributed by atoms with van der Waals surface area (Å²) in [4.78, 5) is 22.6. The first-order valence-corrected chi connectivity index (χ1v) is 4.62. The van der Waals surface area contributed by atoms with E-state index in [1.54, 1.807) is 0 Å². The SMILES string of the molecule is O=C(NO)/C(=C/C(=O)c1ccc(O)cc1O)NO. The van der Waals surface area contributed by atoms with Crippen molar-refractivity contribution >= 4 is 11.7 Å². The quantitative estimate of drug-likeness (QED) is 0.187. The van der Waals surface area contributed by atoms with Gasteiger partial charge < -0.3 is 10.2 Å². The fraction of sp³-hybridized carbons (Fsp3) is 0. The number of hydrogen-bond donors (Lipinski definition) is 6. The Morgan fingerprint density at radius 3 is 2.28 bits per heavy atom. The van der Waals surface area contributed by atoms with Crippen LogP contribution in [-0.2, 0) is 4.79 Å². The van der Waals surface area contributed by atoms with Gasteiger partial charge in [-0.3, -0.25) is 25.5 Å². The number of aromatic hydroxyl groups is 2. The topological polar surface area (TPSA) is 139 Å². The van der Waals surface area contributed by atoms with Gasteiger partial charge in [0.15, 0.2) is 5.78 Å². The first kappa shape index (κ1) is 13.5. The minimum Gasteiger partial charge on any atom is -0.508 e. The Morgan fingerprint density at radius 1 is 1.11 bits per heavy atom. The Bertz CT molecular complexity index is 511. The Hall–Kier alpha value is -2.58. The largest absolute Gasteiger partial charge is 0.508 e. The number of rotatable bonds is 4. The number of ketones is 1. The number of carbonyl (C=O) groups is 2. The van der Waals surface area contributed by atoms with Gasteiger partial charge >= 0.3 is 0 Å². The van der Waals surface area contributed by atoms with Crippen LogP contribution in [0.2, 0.25) is 0 Å². The van der Waals surface area contributed by atoms with Gasteiger partial charge in [0.1, 0.15) is 17.2 Å². The summed E-state index contributed by atoms with van der Waals surface area (Å²) in [5.74, 6) is -2.67. The number of phenolic OH excluding ortho intramolecular Hbond substituents is 2. The van der Waals surface area contributed by atoms with Crippen molar-refractivity contribution in [3.8, 4) is 11.5 Å². The molecule has 0 aliphatic heterocycles. The highest BCUT2D eigenvalue weighted by Gasteiger charge is 2.14. The molecular formula is C10H10N2O6. The summed E-state index contributed by atoms with van der Waals surface area (Å²) in [6, 6.07) is 3.24. The first-order chi connectivity index (χ1) is 8.49. The van der Waals surface area contributed by atoms with E-state index in [0.717, 1.165) is 12.1 Å². The average molecular weight is 254 g/mol. The van der Waals surface area contributed by atoms with Crippen molar-refractivity contribution in [2.24, 2.45) is 0 Å². The Balaban J connectivity index is 3.07. The molecule has 1 amide bonds. The summed E-state index contributed by atoms with van der Waals surface area (Å²) < 4.78 is 0. The molecule has 0 bridgehead atoms. The fourth-order valence-corrected chi connectivity index (χ4v) is 1.15. The number of phenols is 2. The average Bonchev–Trinajstić information content (AvgIpc) is 2.34. The summed E-state index contributed by atoms with van der Waals surface area (Å²) in [5, 5.41) is 35.4. The molecule has 18 heavy (non-hydrogen) atoms. The lowest BCUT2D eigenvalue weighted by Crippen LogP contribution is -2.28. The zero-order chi connectivity index (χ0) is 13.7. The van der Waals surface area contributed by atoms with Crippen molar-refractivity contribution in [3.05, 3.63) is 35.5 Å². The Kier molecular flexibility index (Phi) is 4.24. The normalized spacial score (nSPS) is 10.9. The molecule has 8 heteroatoms. The van der Waals surface area contributed by atoms with E-state index in [2.05, 4.69) is 0 Å². The maximum Gasteiger partial charge on any atom is 0.293 e. The highest BCUT2D eigenvalue weighted by molar-refractivity contribution is 6.10. The summed E-state index contributed by atoms with van der Waals surface area (Å²) >= 11 is 0. The van der Waals surface area contributed by atoms with Crippen LogP contribution < -0.4 is 11.0 Å². The Labute approximate surface area is 101 Å². The Morgan fingerprint density at radius 2 is 1.78 bits per heavy atom. The van der Waals surface area contributed by atoms with Gasteiger partial charge in [-0.25, -0.2) is 5.48 Å². The van der Waals surface area contributed by atoms with Gasteiger partial charge in [-0.2, -0.15) is 0 Å². The summed E-state index contributed by atoms with van der Waals surface area (Å²) in [6.45, 7) is 0. The zero-order valence-electron chi connectivity index (χ0n) is 8.91. The minimum atomic E-state index is -1.14. The van der Waals surface area contributed by atoms with Crippen molar-refractivity contribution < 1.29 is 30.2 Å². The molecule has 96 valence electrons. The van der Waals surface area contributed by atoms with Crippen LogP contribution in [0.5, 0.6) is 11.5 Å². The molecule has 0 aliphatic carbocycles. The van der Waals surface area contributed by atoms with Crippen LogP contribution >= 0.6 is 0 Å². The smallest absolute Gasteiger partial charge is 0.293 e. The van der Waals surface area contributed by atoms with Gasteiger partial charge in [0, 0.05) is 12.1 Å². The first-order valence-electron chi connectivity index (χ1n) is 4.62. The number of amides is 1. The molecule has 0 radical (unpaired) electrons. The summed E-state index contributed by atoms with van der Waals surface area (Å²) in [5.41, 5.74) is 1.83. The third kappa shape index (κ3) is 2.97. The predicted molar refractivity (Wildman–Crippen MR) is 57.0 cm³/mol. The highest BCUT2D eigenvalue weighted by Crippen LogP contribution is 2.23. The van der Waals surface area contributed by atoms with Gasteiger partial charge in [0.2, 0.25) is 0 Å². The second-order valence-corrected chi connectivity index (χ2v) is 3.18. The maximum absolute atomic E-state index is 11.6. The number of hydroxylamine groups is 2. The van der Waals surface area contributed by atoms with Crippen LogP contribution in [0.4, 0.5) is 0 Å². The van der Waals surface area contributed by atoms with Crippen LogP contribution in [-0.4, -0.2) is 32.3 Å². The third-order valence-electron chi connectivity index (χ3n) is 1.99. The zero-order valence-corrected chi connectivity index (χ0v) is 8.91. The van der Waals surface area contributed by atoms with Crippen LogP contribution in [0.1, 0.15) is 10.4 Å². The molecule has 6 N–H and O–H groups in total. The van der Waals surface area contributed by atoms with Gasteiger partial charge in [-0.05, 0) is 12.1 Å². The number of benzene rings is 1. The summed E-state index contributed by atoms with van der Waals surface area (Å²) in [7, 11) is 0. The molecule has 1 rings (SSSR count).